The van der Waals surface area contributed by atoms with E-state index >= 15 is 0 Å². The predicted molar refractivity (Wildman–Crippen MR) is 67.3 cm³/mol. The lowest BCUT2D eigenvalue weighted by molar-refractivity contribution is -0.144. The van der Waals surface area contributed by atoms with Crippen molar-refractivity contribution in [1.29, 1.82) is 0 Å². The molecule has 98 valence electrons. The van der Waals surface area contributed by atoms with E-state index in [0.717, 1.165) is 5.56 Å². The first-order chi connectivity index (χ1) is 7.13. The van der Waals surface area contributed by atoms with Crippen LogP contribution in [0.1, 0.15) is 12.5 Å². The minimum absolute atomic E-state index is 0. The van der Waals surface area contributed by atoms with Crippen molar-refractivity contribution < 1.29 is 20.1 Å². The number of ether oxygens (including phenoxy) is 1. The third-order valence-corrected chi connectivity index (χ3v) is 1.98. The molecule has 1 aromatic carbocycles. The number of phenols is 1. The number of carbonyl (C=O) groups is 1. The Morgan fingerprint density at radius 3 is 2.41 bits per heavy atom. The SMILES string of the molecule is CCOC(=O)C(N)Cc1ccc(O)cc1.Cl.O. The number of benzene rings is 1. The van der Waals surface area contributed by atoms with Gasteiger partial charge in [-0.15, -0.1) is 12.4 Å². The van der Waals surface area contributed by atoms with Crippen molar-refractivity contribution in [3.8, 4) is 5.75 Å². The number of rotatable bonds is 4. The van der Waals surface area contributed by atoms with Crippen molar-refractivity contribution in [3.05, 3.63) is 29.8 Å². The molecule has 6 heteroatoms. The van der Waals surface area contributed by atoms with E-state index in [1.165, 1.54) is 0 Å². The highest BCUT2D eigenvalue weighted by Crippen LogP contribution is 2.11. The van der Waals surface area contributed by atoms with Crippen molar-refractivity contribution >= 4 is 18.4 Å². The van der Waals surface area contributed by atoms with E-state index in [-0.39, 0.29) is 23.6 Å². The zero-order valence-electron chi connectivity index (χ0n) is 9.55. The molecule has 0 bridgehead atoms. The Morgan fingerprint density at radius 1 is 1.41 bits per heavy atom. The number of aromatic hydroxyl groups is 1. The summed E-state index contributed by atoms with van der Waals surface area (Å²) in [4.78, 5) is 11.2. The van der Waals surface area contributed by atoms with Gasteiger partial charge in [0, 0.05) is 0 Å². The first-order valence-electron chi connectivity index (χ1n) is 4.83. The summed E-state index contributed by atoms with van der Waals surface area (Å²) >= 11 is 0. The average molecular weight is 264 g/mol. The number of esters is 1. The number of halogens is 1. The number of hydrogen-bond donors (Lipinski definition) is 2. The summed E-state index contributed by atoms with van der Waals surface area (Å²) in [5.74, 6) is -0.200. The molecule has 5 N–H and O–H groups in total. The number of hydrogen-bond acceptors (Lipinski definition) is 4. The third kappa shape index (κ3) is 6.11. The maximum absolute atomic E-state index is 11.2. The van der Waals surface area contributed by atoms with Crippen LogP contribution >= 0.6 is 12.4 Å². The van der Waals surface area contributed by atoms with Crippen LogP contribution in [0, 0.1) is 0 Å². The fourth-order valence-corrected chi connectivity index (χ4v) is 1.22. The highest BCUT2D eigenvalue weighted by Gasteiger charge is 2.14. The van der Waals surface area contributed by atoms with Gasteiger partial charge in [-0.3, -0.25) is 4.79 Å². The molecule has 1 rings (SSSR count). The van der Waals surface area contributed by atoms with E-state index in [1.54, 1.807) is 31.2 Å². The van der Waals surface area contributed by atoms with Gasteiger partial charge in [0.15, 0.2) is 0 Å². The topological polar surface area (TPSA) is 104 Å². The molecule has 0 aliphatic heterocycles. The van der Waals surface area contributed by atoms with E-state index in [2.05, 4.69) is 0 Å². The number of phenolic OH excluding ortho intramolecular Hbond substituents is 1. The summed E-state index contributed by atoms with van der Waals surface area (Å²) in [6.07, 6.45) is 0.416. The summed E-state index contributed by atoms with van der Waals surface area (Å²) in [5.41, 5.74) is 6.53. The second-order valence-corrected chi connectivity index (χ2v) is 3.23. The van der Waals surface area contributed by atoms with Crippen LogP contribution in [0.4, 0.5) is 0 Å². The lowest BCUT2D eigenvalue weighted by Crippen LogP contribution is -2.34. The molecule has 17 heavy (non-hydrogen) atoms. The molecular weight excluding hydrogens is 246 g/mol. The van der Waals surface area contributed by atoms with Gasteiger partial charge in [-0.05, 0) is 31.0 Å². The van der Waals surface area contributed by atoms with Crippen LogP contribution in [0.15, 0.2) is 24.3 Å². The Kier molecular flexibility index (Phi) is 9.36. The maximum atomic E-state index is 11.2. The van der Waals surface area contributed by atoms with Gasteiger partial charge in [0.25, 0.3) is 0 Å². The molecule has 1 aromatic rings. The molecule has 0 radical (unpaired) electrons. The molecule has 0 aromatic heterocycles. The van der Waals surface area contributed by atoms with E-state index in [4.69, 9.17) is 15.6 Å². The summed E-state index contributed by atoms with van der Waals surface area (Å²) in [5, 5.41) is 9.06. The first-order valence-corrected chi connectivity index (χ1v) is 4.83. The van der Waals surface area contributed by atoms with E-state index in [9.17, 15) is 4.79 Å². The average Bonchev–Trinajstić information content (AvgIpc) is 2.22. The van der Waals surface area contributed by atoms with E-state index in [1.807, 2.05) is 0 Å². The normalized spacial score (nSPS) is 10.7. The molecule has 0 aliphatic rings. The predicted octanol–water partition coefficient (Wildman–Crippen LogP) is 0.422. The van der Waals surface area contributed by atoms with Crippen molar-refractivity contribution in [2.45, 2.75) is 19.4 Å². The molecule has 0 saturated carbocycles. The molecule has 1 atom stereocenters. The molecule has 0 amide bonds. The minimum atomic E-state index is -0.644. The smallest absolute Gasteiger partial charge is 0.323 e. The van der Waals surface area contributed by atoms with Crippen molar-refractivity contribution in [2.75, 3.05) is 6.61 Å². The fourth-order valence-electron chi connectivity index (χ4n) is 1.22. The van der Waals surface area contributed by atoms with Gasteiger partial charge in [0.1, 0.15) is 11.8 Å². The monoisotopic (exact) mass is 263 g/mol. The Hall–Kier alpha value is -1.30. The molecule has 0 saturated heterocycles. The van der Waals surface area contributed by atoms with Crippen molar-refractivity contribution in [2.24, 2.45) is 5.73 Å². The quantitative estimate of drug-likeness (QED) is 0.768. The van der Waals surface area contributed by atoms with E-state index in [0.29, 0.717) is 13.0 Å². The van der Waals surface area contributed by atoms with Crippen LogP contribution < -0.4 is 5.73 Å². The van der Waals surface area contributed by atoms with Gasteiger partial charge in [-0.2, -0.15) is 0 Å². The van der Waals surface area contributed by atoms with Gasteiger partial charge in [0.2, 0.25) is 0 Å². The van der Waals surface area contributed by atoms with Crippen molar-refractivity contribution in [3.63, 3.8) is 0 Å². The molecule has 0 spiro atoms. The van der Waals surface area contributed by atoms with Crippen LogP contribution in [-0.2, 0) is 16.0 Å². The first kappa shape index (κ1) is 18.1. The zero-order chi connectivity index (χ0) is 11.3. The Morgan fingerprint density at radius 2 is 1.94 bits per heavy atom. The van der Waals surface area contributed by atoms with Gasteiger partial charge in [-0.1, -0.05) is 12.1 Å². The van der Waals surface area contributed by atoms with Crippen LogP contribution in [0.5, 0.6) is 5.75 Å². The summed E-state index contributed by atoms with van der Waals surface area (Å²) in [7, 11) is 0. The summed E-state index contributed by atoms with van der Waals surface area (Å²) < 4.78 is 4.79. The molecule has 0 fully saturated rings. The minimum Gasteiger partial charge on any atom is -0.508 e. The highest BCUT2D eigenvalue weighted by molar-refractivity contribution is 5.85. The fraction of sp³-hybridized carbons (Fsp3) is 0.364. The molecule has 1 unspecified atom stereocenters. The molecular formula is C11H18ClNO4. The van der Waals surface area contributed by atoms with Crippen LogP contribution in [0.25, 0.3) is 0 Å². The number of carbonyl (C=O) groups excluding carboxylic acids is 1. The van der Waals surface area contributed by atoms with Crippen LogP contribution in [0.2, 0.25) is 0 Å². The van der Waals surface area contributed by atoms with Gasteiger partial charge in [-0.25, -0.2) is 0 Å². The Bertz CT molecular complexity index is 329. The van der Waals surface area contributed by atoms with Crippen LogP contribution in [0.3, 0.4) is 0 Å². The summed E-state index contributed by atoms with van der Waals surface area (Å²) in [6.45, 7) is 2.08. The lowest BCUT2D eigenvalue weighted by atomic mass is 10.1. The van der Waals surface area contributed by atoms with Crippen molar-refractivity contribution in [1.82, 2.24) is 0 Å². The maximum Gasteiger partial charge on any atom is 0.323 e. The second-order valence-electron chi connectivity index (χ2n) is 3.23. The van der Waals surface area contributed by atoms with Gasteiger partial charge < -0.3 is 21.1 Å². The van der Waals surface area contributed by atoms with Crippen LogP contribution in [-0.4, -0.2) is 29.2 Å². The standard InChI is InChI=1S/C11H15NO3.ClH.H2O/c1-2-15-11(14)10(12)7-8-3-5-9(13)6-4-8;;/h3-6,10,13H,2,7,12H2,1H3;1H;1H2. The third-order valence-electron chi connectivity index (χ3n) is 1.98. The molecule has 0 heterocycles. The Balaban J connectivity index is 0. The highest BCUT2D eigenvalue weighted by atomic mass is 35.5. The second kappa shape index (κ2) is 8.81. The van der Waals surface area contributed by atoms with Gasteiger partial charge in [0.05, 0.1) is 6.61 Å². The number of nitrogens with two attached hydrogens (primary N) is 1. The Labute approximate surface area is 106 Å². The molecule has 5 nitrogen and oxygen atoms in total. The zero-order valence-corrected chi connectivity index (χ0v) is 10.4. The molecule has 0 aliphatic carbocycles. The van der Waals surface area contributed by atoms with E-state index < -0.39 is 12.0 Å². The summed E-state index contributed by atoms with van der Waals surface area (Å²) in [6, 6.07) is 5.94. The lowest BCUT2D eigenvalue weighted by Gasteiger charge is -2.10. The largest absolute Gasteiger partial charge is 0.508 e. The van der Waals surface area contributed by atoms with Gasteiger partial charge >= 0.3 is 5.97 Å².